The van der Waals surface area contributed by atoms with Gasteiger partial charge in [-0.1, -0.05) is 15.9 Å². The molecule has 2 atom stereocenters. The maximum absolute atomic E-state index is 12.3. The first-order valence-electron chi connectivity index (χ1n) is 6.56. The highest BCUT2D eigenvalue weighted by atomic mass is 79.9. The van der Waals surface area contributed by atoms with Gasteiger partial charge in [0.2, 0.25) is 5.91 Å². The van der Waals surface area contributed by atoms with Crippen LogP contribution in [0.15, 0.2) is 21.1 Å². The first-order chi connectivity index (χ1) is 9.92. The van der Waals surface area contributed by atoms with Gasteiger partial charge in [-0.3, -0.25) is 4.79 Å². The zero-order valence-electron chi connectivity index (χ0n) is 11.5. The molecule has 7 heteroatoms. The molecule has 2 rings (SSSR count). The molecule has 0 radical (unpaired) electrons. The van der Waals surface area contributed by atoms with Crippen molar-refractivity contribution in [3.8, 4) is 0 Å². The Hall–Kier alpha value is -0.920. The van der Waals surface area contributed by atoms with E-state index in [1.165, 1.54) is 7.11 Å². The van der Waals surface area contributed by atoms with Crippen LogP contribution in [0.5, 0.6) is 0 Å². The predicted molar refractivity (Wildman–Crippen MR) is 87.1 cm³/mol. The topological polar surface area (TPSA) is 81.4 Å². The van der Waals surface area contributed by atoms with Gasteiger partial charge in [0.15, 0.2) is 0 Å². The van der Waals surface area contributed by atoms with Crippen LogP contribution in [0.4, 0.5) is 5.69 Å². The number of rotatable bonds is 3. The number of halogens is 2. The van der Waals surface area contributed by atoms with Crippen molar-refractivity contribution < 1.29 is 14.3 Å². The molecule has 1 amide bonds. The number of amides is 1. The molecule has 1 aromatic rings. The van der Waals surface area contributed by atoms with E-state index in [1.54, 1.807) is 12.1 Å². The van der Waals surface area contributed by atoms with E-state index in [2.05, 4.69) is 37.2 Å². The summed E-state index contributed by atoms with van der Waals surface area (Å²) in [4.78, 5) is 24.2. The van der Waals surface area contributed by atoms with Crippen molar-refractivity contribution in [2.24, 2.45) is 11.7 Å². The molecule has 0 spiro atoms. The summed E-state index contributed by atoms with van der Waals surface area (Å²) < 4.78 is 6.10. The quantitative estimate of drug-likeness (QED) is 0.737. The van der Waals surface area contributed by atoms with E-state index in [9.17, 15) is 9.59 Å². The third-order valence-electron chi connectivity index (χ3n) is 3.55. The van der Waals surface area contributed by atoms with Crippen molar-refractivity contribution in [3.63, 3.8) is 0 Å². The summed E-state index contributed by atoms with van der Waals surface area (Å²) >= 11 is 6.69. The molecule has 114 valence electrons. The van der Waals surface area contributed by atoms with Gasteiger partial charge in [-0.05, 0) is 47.3 Å². The fourth-order valence-electron chi connectivity index (χ4n) is 2.45. The van der Waals surface area contributed by atoms with E-state index < -0.39 is 5.97 Å². The summed E-state index contributed by atoms with van der Waals surface area (Å²) in [5.41, 5.74) is 6.56. The number of ether oxygens (including phenoxy) is 1. The first-order valence-corrected chi connectivity index (χ1v) is 8.14. The van der Waals surface area contributed by atoms with Crippen molar-refractivity contribution >= 4 is 49.4 Å². The fourth-order valence-corrected chi connectivity index (χ4v) is 3.78. The van der Waals surface area contributed by atoms with Gasteiger partial charge < -0.3 is 15.8 Å². The normalized spacial score (nSPS) is 21.1. The molecule has 21 heavy (non-hydrogen) atoms. The number of nitrogens with two attached hydrogens (primary N) is 1. The smallest absolute Gasteiger partial charge is 0.340 e. The summed E-state index contributed by atoms with van der Waals surface area (Å²) in [5.74, 6) is -0.729. The monoisotopic (exact) mass is 418 g/mol. The average Bonchev–Trinajstić information content (AvgIpc) is 2.87. The van der Waals surface area contributed by atoms with Gasteiger partial charge in [0.05, 0.1) is 18.4 Å². The van der Waals surface area contributed by atoms with Crippen molar-refractivity contribution in [2.45, 2.75) is 25.3 Å². The molecule has 0 heterocycles. The highest BCUT2D eigenvalue weighted by Crippen LogP contribution is 2.33. The minimum absolute atomic E-state index is 0.0779. The minimum atomic E-state index is -0.504. The average molecular weight is 420 g/mol. The zero-order chi connectivity index (χ0) is 15.6. The van der Waals surface area contributed by atoms with Gasteiger partial charge in [-0.25, -0.2) is 4.79 Å². The number of hydrogen-bond donors (Lipinski definition) is 2. The van der Waals surface area contributed by atoms with E-state index in [1.807, 2.05) is 0 Å². The summed E-state index contributed by atoms with van der Waals surface area (Å²) in [6.45, 7) is 0. The van der Waals surface area contributed by atoms with Crippen LogP contribution in [0.25, 0.3) is 0 Å². The molecule has 0 aliphatic heterocycles. The molecule has 2 unspecified atom stereocenters. The number of hydrogen-bond acceptors (Lipinski definition) is 4. The Morgan fingerprint density at radius 1 is 1.33 bits per heavy atom. The van der Waals surface area contributed by atoms with Crippen molar-refractivity contribution in [1.82, 2.24) is 0 Å². The molecule has 1 aliphatic rings. The molecular formula is C14H16Br2N2O3. The Labute approximate surface area is 139 Å². The molecule has 1 fully saturated rings. The summed E-state index contributed by atoms with van der Waals surface area (Å²) in [7, 11) is 1.30. The van der Waals surface area contributed by atoms with Crippen LogP contribution in [0.3, 0.4) is 0 Å². The third kappa shape index (κ3) is 3.84. The number of nitrogens with one attached hydrogen (secondary N) is 1. The predicted octanol–water partition coefficient (Wildman–Crippen LogP) is 3.06. The van der Waals surface area contributed by atoms with Crippen molar-refractivity contribution in [1.29, 1.82) is 0 Å². The molecular weight excluding hydrogens is 404 g/mol. The van der Waals surface area contributed by atoms with Crippen LogP contribution in [0, 0.1) is 5.92 Å². The standard InChI is InChI=1S/C14H16Br2N2O3/c1-21-14(20)10-5-8(15)6-11(16)12(10)18-13(19)7-2-3-9(17)4-7/h5-7,9H,2-4,17H2,1H3,(H,18,19). The molecule has 0 bridgehead atoms. The van der Waals surface area contributed by atoms with Crippen molar-refractivity contribution in [2.75, 3.05) is 12.4 Å². The number of carbonyl (C=O) groups excluding carboxylic acids is 2. The number of anilines is 1. The zero-order valence-corrected chi connectivity index (χ0v) is 14.7. The lowest BCUT2D eigenvalue weighted by molar-refractivity contribution is -0.119. The van der Waals surface area contributed by atoms with E-state index in [4.69, 9.17) is 10.5 Å². The Balaban J connectivity index is 2.26. The second-order valence-corrected chi connectivity index (χ2v) is 6.83. The van der Waals surface area contributed by atoms with E-state index in [0.717, 1.165) is 17.3 Å². The van der Waals surface area contributed by atoms with E-state index in [-0.39, 0.29) is 17.9 Å². The van der Waals surface area contributed by atoms with Gasteiger partial charge >= 0.3 is 5.97 Å². The Kier molecular flexibility index (Phi) is 5.40. The third-order valence-corrected chi connectivity index (χ3v) is 4.64. The highest BCUT2D eigenvalue weighted by molar-refractivity contribution is 9.11. The SMILES string of the molecule is COC(=O)c1cc(Br)cc(Br)c1NC(=O)C1CCC(N)C1. The summed E-state index contributed by atoms with van der Waals surface area (Å²) in [5, 5.41) is 2.82. The van der Waals surface area contributed by atoms with Crippen LogP contribution in [0.1, 0.15) is 29.6 Å². The minimum Gasteiger partial charge on any atom is -0.465 e. The lowest BCUT2D eigenvalue weighted by Crippen LogP contribution is -2.24. The van der Waals surface area contributed by atoms with Gasteiger partial charge in [0.25, 0.3) is 0 Å². The highest BCUT2D eigenvalue weighted by Gasteiger charge is 2.29. The maximum atomic E-state index is 12.3. The molecule has 1 aromatic carbocycles. The second kappa shape index (κ2) is 6.89. The summed E-state index contributed by atoms with van der Waals surface area (Å²) in [6, 6.07) is 3.46. The summed E-state index contributed by atoms with van der Waals surface area (Å²) in [6.07, 6.45) is 2.30. The Bertz CT molecular complexity index is 578. The largest absolute Gasteiger partial charge is 0.465 e. The number of esters is 1. The lowest BCUT2D eigenvalue weighted by Gasteiger charge is -2.15. The Morgan fingerprint density at radius 3 is 2.62 bits per heavy atom. The van der Waals surface area contributed by atoms with Crippen LogP contribution >= 0.6 is 31.9 Å². The number of benzene rings is 1. The molecule has 1 saturated carbocycles. The first kappa shape index (κ1) is 16.5. The molecule has 5 nitrogen and oxygen atoms in total. The van der Waals surface area contributed by atoms with Gasteiger partial charge in [0, 0.05) is 20.9 Å². The molecule has 0 saturated heterocycles. The fraction of sp³-hybridized carbons (Fsp3) is 0.429. The van der Waals surface area contributed by atoms with Crippen LogP contribution in [0.2, 0.25) is 0 Å². The van der Waals surface area contributed by atoms with Gasteiger partial charge in [-0.2, -0.15) is 0 Å². The Morgan fingerprint density at radius 2 is 2.05 bits per heavy atom. The lowest BCUT2D eigenvalue weighted by atomic mass is 10.1. The van der Waals surface area contributed by atoms with Crippen LogP contribution < -0.4 is 11.1 Å². The molecule has 3 N–H and O–H groups in total. The molecule has 1 aliphatic carbocycles. The number of carbonyl (C=O) groups is 2. The molecule has 0 aromatic heterocycles. The van der Waals surface area contributed by atoms with Gasteiger partial charge in [-0.15, -0.1) is 0 Å². The second-order valence-electron chi connectivity index (χ2n) is 5.06. The van der Waals surface area contributed by atoms with E-state index >= 15 is 0 Å². The van der Waals surface area contributed by atoms with Crippen LogP contribution in [-0.4, -0.2) is 25.0 Å². The van der Waals surface area contributed by atoms with Crippen LogP contribution in [-0.2, 0) is 9.53 Å². The number of methoxy groups -OCH3 is 1. The van der Waals surface area contributed by atoms with Gasteiger partial charge in [0.1, 0.15) is 0 Å². The maximum Gasteiger partial charge on any atom is 0.340 e. The van der Waals surface area contributed by atoms with E-state index in [0.29, 0.717) is 22.1 Å². The van der Waals surface area contributed by atoms with Crippen molar-refractivity contribution in [3.05, 3.63) is 26.6 Å².